The quantitative estimate of drug-likeness (QED) is 0.616. The van der Waals surface area contributed by atoms with Crippen LogP contribution in [0.25, 0.3) is 0 Å². The van der Waals surface area contributed by atoms with Crippen molar-refractivity contribution in [3.63, 3.8) is 0 Å². The fourth-order valence-corrected chi connectivity index (χ4v) is 4.25. The molecule has 212 valence electrons. The van der Waals surface area contributed by atoms with Gasteiger partial charge >= 0.3 is 0 Å². The van der Waals surface area contributed by atoms with Crippen LogP contribution in [-0.4, -0.2) is 86.4 Å². The normalized spacial score (nSPS) is 19.5. The number of amides is 4. The van der Waals surface area contributed by atoms with Crippen molar-refractivity contribution in [3.8, 4) is 11.5 Å². The Morgan fingerprint density at radius 1 is 1.08 bits per heavy atom. The van der Waals surface area contributed by atoms with Gasteiger partial charge in [0, 0.05) is 46.1 Å². The molecule has 10 nitrogen and oxygen atoms in total. The second-order valence-corrected chi connectivity index (χ2v) is 10.2. The lowest BCUT2D eigenvalue weighted by Gasteiger charge is -2.25. The molecule has 4 amide bonds. The number of hydrogen-bond donors (Lipinski definition) is 2. The van der Waals surface area contributed by atoms with E-state index in [4.69, 9.17) is 9.47 Å². The van der Waals surface area contributed by atoms with Crippen LogP contribution in [0, 0.1) is 5.92 Å². The summed E-state index contributed by atoms with van der Waals surface area (Å²) in [6, 6.07) is 4.64. The number of hydrogen-bond acceptors (Lipinski definition) is 6. The molecule has 10 heteroatoms. The Hall–Kier alpha value is -3.30. The average molecular weight is 533 g/mol. The van der Waals surface area contributed by atoms with Crippen molar-refractivity contribution in [2.24, 2.45) is 5.92 Å². The number of fused-ring (bicyclic) bond motifs is 2. The van der Waals surface area contributed by atoms with Gasteiger partial charge < -0.3 is 29.9 Å². The maximum absolute atomic E-state index is 12.8. The van der Waals surface area contributed by atoms with Crippen molar-refractivity contribution in [1.29, 1.82) is 0 Å². The molecule has 1 atom stereocenters. The van der Waals surface area contributed by atoms with E-state index >= 15 is 0 Å². The van der Waals surface area contributed by atoms with Crippen molar-refractivity contribution in [2.45, 2.75) is 65.3 Å². The molecule has 0 saturated heterocycles. The predicted molar refractivity (Wildman–Crippen MR) is 145 cm³/mol. The van der Waals surface area contributed by atoms with Gasteiger partial charge in [-0.25, -0.2) is 0 Å². The van der Waals surface area contributed by atoms with Gasteiger partial charge in [-0.15, -0.1) is 0 Å². The van der Waals surface area contributed by atoms with Crippen LogP contribution in [0.5, 0.6) is 11.5 Å². The molecule has 38 heavy (non-hydrogen) atoms. The minimum absolute atomic E-state index is 0.0634. The van der Waals surface area contributed by atoms with Gasteiger partial charge in [-0.2, -0.15) is 0 Å². The summed E-state index contributed by atoms with van der Waals surface area (Å²) in [4.78, 5) is 53.9. The van der Waals surface area contributed by atoms with Gasteiger partial charge in [-0.3, -0.25) is 19.2 Å². The van der Waals surface area contributed by atoms with E-state index < -0.39 is 11.9 Å². The van der Waals surface area contributed by atoms with Crippen LogP contribution in [0.1, 0.15) is 58.4 Å². The van der Waals surface area contributed by atoms with E-state index in [0.717, 1.165) is 18.4 Å². The molecule has 1 aliphatic heterocycles. The Bertz CT molecular complexity index is 951. The Morgan fingerprint density at radius 3 is 2.50 bits per heavy atom. The van der Waals surface area contributed by atoms with E-state index in [-0.39, 0.29) is 30.2 Å². The smallest absolute Gasteiger partial charge is 0.258 e. The van der Waals surface area contributed by atoms with Crippen molar-refractivity contribution in [1.82, 2.24) is 20.4 Å². The predicted octanol–water partition coefficient (Wildman–Crippen LogP) is 2.14. The highest BCUT2D eigenvalue weighted by molar-refractivity contribution is 5.87. The van der Waals surface area contributed by atoms with Crippen LogP contribution in [0.4, 0.5) is 0 Å². The Balaban J connectivity index is 2.12. The molecule has 0 fully saturated rings. The summed E-state index contributed by atoms with van der Waals surface area (Å²) in [7, 11) is 3.22. The third kappa shape index (κ3) is 10.6. The zero-order chi connectivity index (χ0) is 28.1. The number of nitrogens with one attached hydrogen (secondary N) is 2. The first-order valence-electron chi connectivity index (χ1n) is 13.5. The first-order chi connectivity index (χ1) is 18.1. The van der Waals surface area contributed by atoms with Crippen LogP contribution in [0.15, 0.2) is 18.2 Å². The molecule has 0 unspecified atom stereocenters. The number of methoxy groups -OCH3 is 1. The summed E-state index contributed by atoms with van der Waals surface area (Å²) in [6.07, 6.45) is 3.43. The van der Waals surface area contributed by atoms with Gasteiger partial charge in [0.25, 0.3) is 5.91 Å². The van der Waals surface area contributed by atoms with Gasteiger partial charge in [0.15, 0.2) is 18.1 Å². The van der Waals surface area contributed by atoms with E-state index in [1.807, 2.05) is 24.8 Å². The fraction of sp³-hybridized carbons (Fsp3) is 0.643. The molecule has 1 aromatic rings. The van der Waals surface area contributed by atoms with Crippen LogP contribution >= 0.6 is 0 Å². The van der Waals surface area contributed by atoms with E-state index in [0.29, 0.717) is 63.4 Å². The van der Waals surface area contributed by atoms with Gasteiger partial charge in [0.05, 0.1) is 7.11 Å². The summed E-state index contributed by atoms with van der Waals surface area (Å²) in [6.45, 7) is 7.60. The number of nitrogens with zero attached hydrogens (tertiary/aromatic N) is 2. The van der Waals surface area contributed by atoms with Crippen LogP contribution in [-0.2, 0) is 25.6 Å². The minimum Gasteiger partial charge on any atom is -0.493 e. The highest BCUT2D eigenvalue weighted by Crippen LogP contribution is 2.28. The highest BCUT2D eigenvalue weighted by atomic mass is 16.5. The summed E-state index contributed by atoms with van der Waals surface area (Å²) in [5, 5.41) is 5.63. The number of carbonyl (C=O) groups is 4. The molecule has 0 aromatic heterocycles. The highest BCUT2D eigenvalue weighted by Gasteiger charge is 2.21. The Morgan fingerprint density at radius 2 is 1.79 bits per heavy atom. The van der Waals surface area contributed by atoms with Crippen LogP contribution in [0.3, 0.4) is 0 Å². The topological polar surface area (TPSA) is 117 Å². The molecule has 1 heterocycles. The zero-order valence-corrected chi connectivity index (χ0v) is 23.5. The fourth-order valence-electron chi connectivity index (χ4n) is 4.25. The maximum atomic E-state index is 12.8. The molecule has 2 rings (SSSR count). The van der Waals surface area contributed by atoms with Crippen LogP contribution in [0.2, 0.25) is 0 Å². The van der Waals surface area contributed by atoms with Crippen molar-refractivity contribution >= 4 is 23.6 Å². The second kappa shape index (κ2) is 15.8. The third-order valence-corrected chi connectivity index (χ3v) is 6.39. The molecule has 1 aromatic carbocycles. The Kier molecular flexibility index (Phi) is 12.9. The monoisotopic (exact) mass is 532 g/mol. The number of rotatable bonds is 3. The summed E-state index contributed by atoms with van der Waals surface area (Å²) >= 11 is 0. The lowest BCUT2D eigenvalue weighted by Crippen LogP contribution is -2.47. The average Bonchev–Trinajstić information content (AvgIpc) is 2.88. The number of benzene rings is 1. The third-order valence-electron chi connectivity index (χ3n) is 6.39. The van der Waals surface area contributed by atoms with Crippen molar-refractivity contribution in [3.05, 3.63) is 23.8 Å². The molecule has 0 saturated carbocycles. The second-order valence-electron chi connectivity index (χ2n) is 10.2. The van der Waals surface area contributed by atoms with E-state index in [1.165, 1.54) is 7.11 Å². The minimum atomic E-state index is -0.704. The molecule has 0 spiro atoms. The lowest BCUT2D eigenvalue weighted by molar-refractivity contribution is -0.135. The van der Waals surface area contributed by atoms with Gasteiger partial charge in [-0.05, 0) is 56.2 Å². The van der Waals surface area contributed by atoms with Crippen LogP contribution < -0.4 is 20.1 Å². The first kappa shape index (κ1) is 30.9. The summed E-state index contributed by atoms with van der Waals surface area (Å²) in [5.41, 5.74) is 0.870. The maximum Gasteiger partial charge on any atom is 0.258 e. The molecule has 2 N–H and O–H groups in total. The summed E-state index contributed by atoms with van der Waals surface area (Å²) < 4.78 is 11.0. The molecule has 0 aliphatic carbocycles. The van der Waals surface area contributed by atoms with E-state index in [2.05, 4.69) is 10.6 Å². The van der Waals surface area contributed by atoms with E-state index in [9.17, 15) is 19.2 Å². The number of aryl methyl sites for hydroxylation is 1. The molecule has 1 aliphatic rings. The van der Waals surface area contributed by atoms with Gasteiger partial charge in [0.2, 0.25) is 17.7 Å². The number of likely N-dealkylation sites (N-methyl/N-ethyl adjacent to an activating group) is 1. The van der Waals surface area contributed by atoms with E-state index in [1.54, 1.807) is 31.0 Å². The number of ether oxygens (including phenoxy) is 2. The Labute approximate surface area is 226 Å². The molecule has 2 bridgehead atoms. The zero-order valence-electron chi connectivity index (χ0n) is 23.5. The van der Waals surface area contributed by atoms with Crippen molar-refractivity contribution < 1.29 is 28.7 Å². The van der Waals surface area contributed by atoms with Crippen molar-refractivity contribution in [2.75, 3.05) is 46.9 Å². The molecular formula is C28H44N4O6. The SMILES string of the molecule is COc1ccc2cc1OCC(=O)N[C@@H](C)C(=O)N(C)CCCCN(C(=O)CC(C)C)CCCNC(=O)CC2. The van der Waals surface area contributed by atoms with Gasteiger partial charge in [0.1, 0.15) is 6.04 Å². The molecular weight excluding hydrogens is 488 g/mol. The first-order valence-corrected chi connectivity index (χ1v) is 13.5. The largest absolute Gasteiger partial charge is 0.493 e. The summed E-state index contributed by atoms with van der Waals surface area (Å²) in [5.74, 6) is 0.563. The lowest BCUT2D eigenvalue weighted by atomic mass is 10.1. The molecule has 0 radical (unpaired) electrons. The standard InChI is InChI=1S/C28H44N4O6/c1-20(2)17-27(35)32-15-7-6-14-31(4)28(36)21(3)30-26(34)19-38-24-18-22(9-11-23(24)37-5)10-12-25(33)29-13-8-16-32/h9,11,18,20-21H,6-8,10,12-17,19H2,1-5H3,(H,29,33)(H,30,34)/t21-/m0/s1. The number of carbonyl (C=O) groups excluding carboxylic acids is 4. The van der Waals surface area contributed by atoms with Gasteiger partial charge in [-0.1, -0.05) is 19.9 Å².